The summed E-state index contributed by atoms with van der Waals surface area (Å²) in [5.74, 6) is -0.659. The van der Waals surface area contributed by atoms with Crippen LogP contribution >= 0.6 is 0 Å². The number of rotatable bonds is 5. The van der Waals surface area contributed by atoms with Crippen molar-refractivity contribution in [3.63, 3.8) is 0 Å². The van der Waals surface area contributed by atoms with Gasteiger partial charge >= 0.3 is 0 Å². The molecule has 0 aromatic heterocycles. The van der Waals surface area contributed by atoms with E-state index in [0.29, 0.717) is 12.0 Å². The maximum absolute atomic E-state index is 13.1. The van der Waals surface area contributed by atoms with Crippen LogP contribution in [0.3, 0.4) is 0 Å². The number of hydrogen-bond donors (Lipinski definition) is 1. The van der Waals surface area contributed by atoms with Gasteiger partial charge in [0.2, 0.25) is 0 Å². The second-order valence-electron chi connectivity index (χ2n) is 3.54. The predicted octanol–water partition coefficient (Wildman–Crippen LogP) is 2.46. The maximum atomic E-state index is 13.1. The van der Waals surface area contributed by atoms with Crippen LogP contribution in [0.2, 0.25) is 0 Å². The van der Waals surface area contributed by atoms with Gasteiger partial charge in [0, 0.05) is 5.56 Å². The van der Waals surface area contributed by atoms with Crippen molar-refractivity contribution in [3.8, 4) is 0 Å². The number of amides is 1. The number of carbonyl (C=O) groups excluding carboxylic acids is 1. The van der Waals surface area contributed by atoms with Crippen LogP contribution in [0.4, 0.5) is 4.39 Å². The van der Waals surface area contributed by atoms with Crippen LogP contribution in [0.25, 0.3) is 0 Å². The molecular formula is C12H16FNO2. The van der Waals surface area contributed by atoms with Crippen molar-refractivity contribution in [2.45, 2.75) is 26.2 Å². The zero-order chi connectivity index (χ0) is 12.0. The van der Waals surface area contributed by atoms with Crippen LogP contribution < -0.4 is 5.48 Å². The highest BCUT2D eigenvalue weighted by molar-refractivity contribution is 5.94. The van der Waals surface area contributed by atoms with E-state index < -0.39 is 0 Å². The number of carbonyl (C=O) groups is 1. The molecule has 0 atom stereocenters. The fraction of sp³-hybridized carbons (Fsp3) is 0.417. The first kappa shape index (κ1) is 12.6. The molecule has 16 heavy (non-hydrogen) atoms. The Labute approximate surface area is 94.6 Å². The number of hydroxylamine groups is 1. The molecule has 0 aliphatic rings. The molecule has 0 bridgehead atoms. The number of nitrogens with one attached hydrogen (secondary N) is 1. The van der Waals surface area contributed by atoms with Crippen LogP contribution in [0.5, 0.6) is 0 Å². The second kappa shape index (κ2) is 6.23. The summed E-state index contributed by atoms with van der Waals surface area (Å²) in [5.41, 5.74) is 3.42. The quantitative estimate of drug-likeness (QED) is 0.782. The van der Waals surface area contributed by atoms with E-state index in [1.54, 1.807) is 0 Å². The smallest absolute Gasteiger partial charge is 0.275 e. The molecule has 1 N–H and O–H groups in total. The van der Waals surface area contributed by atoms with Crippen LogP contribution in [0.1, 0.15) is 35.7 Å². The maximum Gasteiger partial charge on any atom is 0.275 e. The lowest BCUT2D eigenvalue weighted by molar-refractivity contribution is 0.0536. The Bertz CT molecular complexity index is 366. The van der Waals surface area contributed by atoms with Crippen LogP contribution in [-0.2, 0) is 11.3 Å². The SMILES string of the molecule is CCCCc1cc(F)ccc1C(=O)NOC. The fourth-order valence-electron chi connectivity index (χ4n) is 1.51. The summed E-state index contributed by atoms with van der Waals surface area (Å²) < 4.78 is 13.1. The summed E-state index contributed by atoms with van der Waals surface area (Å²) in [7, 11) is 1.37. The molecule has 1 amide bonds. The largest absolute Gasteiger partial charge is 0.277 e. The highest BCUT2D eigenvalue weighted by Crippen LogP contribution is 2.14. The molecule has 0 heterocycles. The highest BCUT2D eigenvalue weighted by atomic mass is 19.1. The molecule has 3 nitrogen and oxygen atoms in total. The van der Waals surface area contributed by atoms with E-state index in [1.165, 1.54) is 25.3 Å². The van der Waals surface area contributed by atoms with E-state index in [0.717, 1.165) is 18.4 Å². The third kappa shape index (κ3) is 3.31. The number of aryl methyl sites for hydroxylation is 1. The van der Waals surface area contributed by atoms with E-state index in [9.17, 15) is 9.18 Å². The third-order valence-electron chi connectivity index (χ3n) is 2.31. The van der Waals surface area contributed by atoms with Gasteiger partial charge in [-0.05, 0) is 36.6 Å². The molecule has 0 fully saturated rings. The Hall–Kier alpha value is -1.42. The van der Waals surface area contributed by atoms with Crippen LogP contribution in [0, 0.1) is 5.82 Å². The molecule has 0 aliphatic carbocycles. The molecule has 1 rings (SSSR count). The molecule has 1 aromatic rings. The van der Waals surface area contributed by atoms with Crippen molar-refractivity contribution in [2.24, 2.45) is 0 Å². The van der Waals surface area contributed by atoms with Crippen molar-refractivity contribution in [2.75, 3.05) is 7.11 Å². The number of hydrogen-bond acceptors (Lipinski definition) is 2. The Balaban J connectivity index is 2.92. The van der Waals surface area contributed by atoms with E-state index in [2.05, 4.69) is 10.3 Å². The zero-order valence-corrected chi connectivity index (χ0v) is 9.55. The molecule has 4 heteroatoms. The molecule has 0 saturated carbocycles. The molecule has 0 radical (unpaired) electrons. The van der Waals surface area contributed by atoms with Gasteiger partial charge in [0.1, 0.15) is 5.82 Å². The minimum absolute atomic E-state index is 0.319. The minimum atomic E-state index is -0.339. The molecule has 1 aromatic carbocycles. The fourth-order valence-corrected chi connectivity index (χ4v) is 1.51. The molecule has 0 saturated heterocycles. The Morgan fingerprint density at radius 2 is 2.25 bits per heavy atom. The minimum Gasteiger partial charge on any atom is -0.277 e. The number of halogens is 1. The molecular weight excluding hydrogens is 209 g/mol. The first-order chi connectivity index (χ1) is 7.69. The lowest BCUT2D eigenvalue weighted by atomic mass is 10.0. The Kier molecular flexibility index (Phi) is 4.92. The summed E-state index contributed by atoms with van der Waals surface area (Å²) in [6.45, 7) is 2.05. The average Bonchev–Trinajstić information content (AvgIpc) is 2.26. The summed E-state index contributed by atoms with van der Waals surface area (Å²) in [4.78, 5) is 16.1. The zero-order valence-electron chi connectivity index (χ0n) is 9.55. The van der Waals surface area contributed by atoms with Gasteiger partial charge in [0.25, 0.3) is 5.91 Å². The lowest BCUT2D eigenvalue weighted by Crippen LogP contribution is -2.23. The molecule has 0 aliphatic heterocycles. The van der Waals surface area contributed by atoms with Gasteiger partial charge in [-0.15, -0.1) is 0 Å². The molecule has 0 spiro atoms. The van der Waals surface area contributed by atoms with Crippen molar-refractivity contribution in [3.05, 3.63) is 35.1 Å². The standard InChI is InChI=1S/C12H16FNO2/c1-3-4-5-9-8-10(13)6-7-11(9)12(15)14-16-2/h6-8H,3-5H2,1-2H3,(H,14,15). The highest BCUT2D eigenvalue weighted by Gasteiger charge is 2.11. The topological polar surface area (TPSA) is 38.3 Å². The van der Waals surface area contributed by atoms with Crippen LogP contribution in [-0.4, -0.2) is 13.0 Å². The molecule has 88 valence electrons. The number of benzene rings is 1. The van der Waals surface area contributed by atoms with Gasteiger partial charge in [-0.3, -0.25) is 9.63 Å². The monoisotopic (exact) mass is 225 g/mol. The first-order valence-electron chi connectivity index (χ1n) is 5.30. The summed E-state index contributed by atoms with van der Waals surface area (Å²) in [6.07, 6.45) is 2.62. The Morgan fingerprint density at radius 3 is 2.88 bits per heavy atom. The van der Waals surface area contributed by atoms with E-state index in [4.69, 9.17) is 0 Å². The van der Waals surface area contributed by atoms with E-state index in [1.807, 2.05) is 6.92 Å². The van der Waals surface area contributed by atoms with Gasteiger partial charge in [0.15, 0.2) is 0 Å². The number of unbranched alkanes of at least 4 members (excludes halogenated alkanes) is 1. The average molecular weight is 225 g/mol. The summed E-state index contributed by atoms with van der Waals surface area (Å²) in [6, 6.07) is 4.16. The third-order valence-corrected chi connectivity index (χ3v) is 2.31. The van der Waals surface area contributed by atoms with Gasteiger partial charge in [-0.25, -0.2) is 9.87 Å². The summed E-state index contributed by atoms with van der Waals surface area (Å²) in [5, 5.41) is 0. The van der Waals surface area contributed by atoms with Crippen molar-refractivity contribution in [1.29, 1.82) is 0 Å². The van der Waals surface area contributed by atoms with E-state index >= 15 is 0 Å². The van der Waals surface area contributed by atoms with Crippen LogP contribution in [0.15, 0.2) is 18.2 Å². The second-order valence-corrected chi connectivity index (χ2v) is 3.54. The van der Waals surface area contributed by atoms with Crippen molar-refractivity contribution in [1.82, 2.24) is 5.48 Å². The Morgan fingerprint density at radius 1 is 1.50 bits per heavy atom. The first-order valence-corrected chi connectivity index (χ1v) is 5.30. The summed E-state index contributed by atoms with van der Waals surface area (Å²) >= 11 is 0. The van der Waals surface area contributed by atoms with Gasteiger partial charge in [-0.1, -0.05) is 13.3 Å². The predicted molar refractivity (Wildman–Crippen MR) is 59.5 cm³/mol. The van der Waals surface area contributed by atoms with Crippen molar-refractivity contribution >= 4 is 5.91 Å². The van der Waals surface area contributed by atoms with E-state index in [-0.39, 0.29) is 11.7 Å². The van der Waals surface area contributed by atoms with Gasteiger partial charge < -0.3 is 0 Å². The lowest BCUT2D eigenvalue weighted by Gasteiger charge is -2.08. The van der Waals surface area contributed by atoms with Gasteiger partial charge in [0.05, 0.1) is 7.11 Å². The molecule has 0 unspecified atom stereocenters. The van der Waals surface area contributed by atoms with Gasteiger partial charge in [-0.2, -0.15) is 0 Å². The van der Waals surface area contributed by atoms with Crippen molar-refractivity contribution < 1.29 is 14.0 Å². The normalized spacial score (nSPS) is 10.2.